The molecule has 4 nitrogen and oxygen atoms in total. The quantitative estimate of drug-likeness (QED) is 0.716. The molecule has 0 heterocycles. The Balaban J connectivity index is 2.47. The van der Waals surface area contributed by atoms with E-state index in [2.05, 4.69) is 17.0 Å². The molecule has 0 saturated carbocycles. The van der Waals surface area contributed by atoms with Crippen LogP contribution in [0.4, 0.5) is 0 Å². The minimum atomic E-state index is -3.26. The van der Waals surface area contributed by atoms with Gasteiger partial charge in [0, 0.05) is 13.1 Å². The molecule has 0 fully saturated rings. The number of sulfonamides is 1. The second-order valence-electron chi connectivity index (χ2n) is 4.87. The highest BCUT2D eigenvalue weighted by atomic mass is 32.2. The van der Waals surface area contributed by atoms with E-state index in [1.54, 1.807) is 6.92 Å². The number of benzene rings is 1. The van der Waals surface area contributed by atoms with Crippen LogP contribution in [0.15, 0.2) is 24.3 Å². The summed E-state index contributed by atoms with van der Waals surface area (Å²) in [6.07, 6.45) is 1.00. The largest absolute Gasteiger partial charge is 0.315 e. The van der Waals surface area contributed by atoms with E-state index in [9.17, 15) is 8.42 Å². The second-order valence-corrected chi connectivity index (χ2v) is 7.05. The molecule has 0 amide bonds. The number of aryl methyl sites for hydroxylation is 1. The van der Waals surface area contributed by atoms with Crippen molar-refractivity contribution >= 4 is 10.0 Å². The van der Waals surface area contributed by atoms with Gasteiger partial charge in [0.15, 0.2) is 0 Å². The van der Waals surface area contributed by atoms with Gasteiger partial charge in [0.25, 0.3) is 0 Å². The molecule has 2 N–H and O–H groups in total. The third kappa shape index (κ3) is 5.72. The van der Waals surface area contributed by atoms with Crippen LogP contribution in [0, 0.1) is 6.92 Å². The molecule has 1 aromatic rings. The van der Waals surface area contributed by atoms with Gasteiger partial charge >= 0.3 is 0 Å². The average molecular weight is 284 g/mol. The molecule has 0 aromatic heterocycles. The maximum absolute atomic E-state index is 12.0. The first-order chi connectivity index (χ1) is 8.95. The lowest BCUT2D eigenvalue weighted by Gasteiger charge is -2.14. The Labute approximate surface area is 116 Å². The molecule has 108 valence electrons. The van der Waals surface area contributed by atoms with E-state index in [1.807, 2.05) is 31.2 Å². The van der Waals surface area contributed by atoms with Crippen molar-refractivity contribution in [3.05, 3.63) is 35.4 Å². The molecule has 1 rings (SSSR count). The van der Waals surface area contributed by atoms with Gasteiger partial charge in [-0.05, 0) is 32.4 Å². The van der Waals surface area contributed by atoms with Crippen molar-refractivity contribution in [2.45, 2.75) is 39.0 Å². The van der Waals surface area contributed by atoms with E-state index in [4.69, 9.17) is 0 Å². The monoisotopic (exact) mass is 284 g/mol. The summed E-state index contributed by atoms with van der Waals surface area (Å²) >= 11 is 0. The predicted molar refractivity (Wildman–Crippen MR) is 79.6 cm³/mol. The molecule has 1 atom stereocenters. The summed E-state index contributed by atoms with van der Waals surface area (Å²) in [5.74, 6) is 0. The Bertz CT molecular complexity index is 469. The SMILES string of the molecule is CCCNCC(C)S(=O)(=O)NCc1ccc(C)cc1. The van der Waals surface area contributed by atoms with E-state index < -0.39 is 15.3 Å². The van der Waals surface area contributed by atoms with Crippen molar-refractivity contribution in [1.29, 1.82) is 0 Å². The van der Waals surface area contributed by atoms with Crippen LogP contribution in [0.1, 0.15) is 31.4 Å². The highest BCUT2D eigenvalue weighted by molar-refractivity contribution is 7.90. The molecule has 0 saturated heterocycles. The fraction of sp³-hybridized carbons (Fsp3) is 0.571. The van der Waals surface area contributed by atoms with Crippen molar-refractivity contribution in [1.82, 2.24) is 10.0 Å². The van der Waals surface area contributed by atoms with Crippen molar-refractivity contribution in [3.8, 4) is 0 Å². The van der Waals surface area contributed by atoms with Gasteiger partial charge in [-0.2, -0.15) is 0 Å². The number of nitrogens with one attached hydrogen (secondary N) is 2. The van der Waals surface area contributed by atoms with Crippen molar-refractivity contribution in [2.75, 3.05) is 13.1 Å². The van der Waals surface area contributed by atoms with Crippen LogP contribution in [0.5, 0.6) is 0 Å². The maximum Gasteiger partial charge on any atom is 0.215 e. The number of hydrogen-bond donors (Lipinski definition) is 2. The zero-order valence-corrected chi connectivity index (χ0v) is 12.8. The standard InChI is InChI=1S/C14H24N2O2S/c1-4-9-15-10-13(3)19(17,18)16-11-14-7-5-12(2)6-8-14/h5-8,13,15-16H,4,9-11H2,1-3H3. The first-order valence-corrected chi connectivity index (χ1v) is 8.25. The molecule has 0 aliphatic heterocycles. The third-order valence-electron chi connectivity index (χ3n) is 2.99. The molecular formula is C14H24N2O2S. The number of hydrogen-bond acceptors (Lipinski definition) is 3. The number of rotatable bonds is 8. The summed E-state index contributed by atoms with van der Waals surface area (Å²) < 4.78 is 26.7. The summed E-state index contributed by atoms with van der Waals surface area (Å²) in [7, 11) is -3.26. The van der Waals surface area contributed by atoms with Crippen LogP contribution in [0.2, 0.25) is 0 Å². The summed E-state index contributed by atoms with van der Waals surface area (Å²) in [6, 6.07) is 7.85. The molecule has 0 radical (unpaired) electrons. The molecule has 1 aromatic carbocycles. The minimum Gasteiger partial charge on any atom is -0.315 e. The normalized spacial score (nSPS) is 13.4. The molecule has 0 bridgehead atoms. The van der Waals surface area contributed by atoms with Crippen LogP contribution in [-0.2, 0) is 16.6 Å². The summed E-state index contributed by atoms with van der Waals surface area (Å²) in [5.41, 5.74) is 2.15. The van der Waals surface area contributed by atoms with Gasteiger partial charge in [-0.3, -0.25) is 0 Å². The van der Waals surface area contributed by atoms with Gasteiger partial charge in [0.1, 0.15) is 0 Å². The summed E-state index contributed by atoms with van der Waals surface area (Å²) in [4.78, 5) is 0. The summed E-state index contributed by atoms with van der Waals surface area (Å²) in [6.45, 7) is 7.47. The Hall–Kier alpha value is -0.910. The van der Waals surface area contributed by atoms with Crippen molar-refractivity contribution in [3.63, 3.8) is 0 Å². The second kappa shape index (κ2) is 7.62. The fourth-order valence-corrected chi connectivity index (χ4v) is 2.61. The van der Waals surface area contributed by atoms with Crippen LogP contribution >= 0.6 is 0 Å². The highest BCUT2D eigenvalue weighted by Crippen LogP contribution is 2.04. The molecule has 0 spiro atoms. The highest BCUT2D eigenvalue weighted by Gasteiger charge is 2.19. The smallest absolute Gasteiger partial charge is 0.215 e. The van der Waals surface area contributed by atoms with Gasteiger partial charge in [0.2, 0.25) is 10.0 Å². The lowest BCUT2D eigenvalue weighted by molar-refractivity contribution is 0.557. The van der Waals surface area contributed by atoms with Crippen molar-refractivity contribution < 1.29 is 8.42 Å². The zero-order chi connectivity index (χ0) is 14.3. The summed E-state index contributed by atoms with van der Waals surface area (Å²) in [5, 5.41) is 2.70. The molecule has 19 heavy (non-hydrogen) atoms. The lowest BCUT2D eigenvalue weighted by atomic mass is 10.2. The van der Waals surface area contributed by atoms with Crippen LogP contribution in [-0.4, -0.2) is 26.8 Å². The van der Waals surface area contributed by atoms with Crippen LogP contribution < -0.4 is 10.0 Å². The fourth-order valence-electron chi connectivity index (χ4n) is 1.62. The first-order valence-electron chi connectivity index (χ1n) is 6.70. The predicted octanol–water partition coefficient (Wildman–Crippen LogP) is 1.80. The van der Waals surface area contributed by atoms with Crippen LogP contribution in [0.3, 0.4) is 0 Å². The Morgan fingerprint density at radius 2 is 1.84 bits per heavy atom. The van der Waals surface area contributed by atoms with Crippen LogP contribution in [0.25, 0.3) is 0 Å². The maximum atomic E-state index is 12.0. The van der Waals surface area contributed by atoms with Crippen molar-refractivity contribution in [2.24, 2.45) is 0 Å². The average Bonchev–Trinajstić information content (AvgIpc) is 2.38. The Kier molecular flexibility index (Phi) is 6.48. The zero-order valence-electron chi connectivity index (χ0n) is 11.9. The minimum absolute atomic E-state index is 0.348. The lowest BCUT2D eigenvalue weighted by Crippen LogP contribution is -2.38. The molecule has 0 aliphatic carbocycles. The van der Waals surface area contributed by atoms with Gasteiger partial charge in [-0.15, -0.1) is 0 Å². The van der Waals surface area contributed by atoms with E-state index in [-0.39, 0.29) is 0 Å². The topological polar surface area (TPSA) is 58.2 Å². The third-order valence-corrected chi connectivity index (χ3v) is 4.76. The molecule has 0 aliphatic rings. The molecule has 5 heteroatoms. The van der Waals surface area contributed by atoms with E-state index in [1.165, 1.54) is 5.56 Å². The van der Waals surface area contributed by atoms with Gasteiger partial charge in [-0.25, -0.2) is 13.1 Å². The molecule has 1 unspecified atom stereocenters. The Morgan fingerprint density at radius 1 is 1.21 bits per heavy atom. The Morgan fingerprint density at radius 3 is 2.42 bits per heavy atom. The molecular weight excluding hydrogens is 260 g/mol. The van der Waals surface area contributed by atoms with Gasteiger partial charge < -0.3 is 5.32 Å². The van der Waals surface area contributed by atoms with Gasteiger partial charge in [0.05, 0.1) is 5.25 Å². The van der Waals surface area contributed by atoms with E-state index in [0.29, 0.717) is 13.1 Å². The van der Waals surface area contributed by atoms with E-state index >= 15 is 0 Å². The first kappa shape index (κ1) is 16.1. The van der Waals surface area contributed by atoms with Gasteiger partial charge in [-0.1, -0.05) is 36.8 Å². The van der Waals surface area contributed by atoms with E-state index in [0.717, 1.165) is 18.5 Å².